The van der Waals surface area contributed by atoms with E-state index in [0.717, 1.165) is 5.56 Å². The van der Waals surface area contributed by atoms with Crippen molar-refractivity contribution in [2.75, 3.05) is 6.54 Å². The lowest BCUT2D eigenvalue weighted by atomic mass is 10.0. The number of aromatic carboxylic acids is 1. The highest BCUT2D eigenvalue weighted by Gasteiger charge is 2.23. The van der Waals surface area contributed by atoms with Gasteiger partial charge in [-0.05, 0) is 45.0 Å². The highest BCUT2D eigenvalue weighted by Crippen LogP contribution is 2.18. The predicted molar refractivity (Wildman–Crippen MR) is 94.7 cm³/mol. The monoisotopic (exact) mass is 322 g/mol. The number of carbonyl (C=O) groups is 1. The second-order valence-electron chi connectivity index (χ2n) is 6.50. The van der Waals surface area contributed by atoms with Crippen LogP contribution in [-0.2, 0) is 6.54 Å². The van der Waals surface area contributed by atoms with E-state index >= 15 is 0 Å². The van der Waals surface area contributed by atoms with E-state index in [1.807, 2.05) is 30.3 Å². The Morgan fingerprint density at radius 2 is 1.88 bits per heavy atom. The molecule has 1 N–H and O–H groups in total. The molecule has 2 rings (SSSR count). The summed E-state index contributed by atoms with van der Waals surface area (Å²) in [6.07, 6.45) is 1.62. The lowest BCUT2D eigenvalue weighted by molar-refractivity contribution is 0.0691. The maximum absolute atomic E-state index is 11.4. The molecule has 0 spiro atoms. The van der Waals surface area contributed by atoms with Crippen LogP contribution in [0, 0.1) is 11.8 Å². The summed E-state index contributed by atoms with van der Waals surface area (Å²) in [6.45, 7) is 7.23. The molecule has 0 unspecified atom stereocenters. The molecule has 4 heteroatoms. The highest BCUT2D eigenvalue weighted by molar-refractivity contribution is 5.88. The minimum Gasteiger partial charge on any atom is -0.478 e. The zero-order chi connectivity index (χ0) is 17.6. The fraction of sp³-hybridized carbons (Fsp3) is 0.300. The van der Waals surface area contributed by atoms with E-state index in [0.29, 0.717) is 18.8 Å². The molecule has 124 valence electrons. The lowest BCUT2D eigenvalue weighted by Crippen LogP contribution is -2.41. The van der Waals surface area contributed by atoms with E-state index in [4.69, 9.17) is 0 Å². The topological polar surface area (TPSA) is 53.4 Å². The van der Waals surface area contributed by atoms with Crippen molar-refractivity contribution in [3.05, 3.63) is 65.5 Å². The lowest BCUT2D eigenvalue weighted by Gasteiger charge is -2.34. The Labute approximate surface area is 143 Å². The first-order valence-electron chi connectivity index (χ1n) is 7.84. The smallest absolute Gasteiger partial charge is 0.337 e. The second-order valence-corrected chi connectivity index (χ2v) is 6.50. The van der Waals surface area contributed by atoms with Gasteiger partial charge in [-0.2, -0.15) is 0 Å². The van der Waals surface area contributed by atoms with E-state index < -0.39 is 5.97 Å². The molecular weight excluding hydrogens is 300 g/mol. The number of rotatable bonds is 4. The summed E-state index contributed by atoms with van der Waals surface area (Å²) < 4.78 is 0. The molecule has 0 atom stereocenters. The first-order valence-corrected chi connectivity index (χ1v) is 7.84. The van der Waals surface area contributed by atoms with E-state index in [1.165, 1.54) is 0 Å². The van der Waals surface area contributed by atoms with Gasteiger partial charge in [0.15, 0.2) is 0 Å². The Bertz CT molecular complexity index is 752. The van der Waals surface area contributed by atoms with Gasteiger partial charge in [0.25, 0.3) is 0 Å². The Morgan fingerprint density at radius 3 is 2.50 bits per heavy atom. The van der Waals surface area contributed by atoms with Crippen molar-refractivity contribution in [3.63, 3.8) is 0 Å². The Hall–Kier alpha value is -2.64. The van der Waals surface area contributed by atoms with Crippen molar-refractivity contribution in [1.29, 1.82) is 0 Å². The Balaban J connectivity index is 2.19. The van der Waals surface area contributed by atoms with Gasteiger partial charge in [0.2, 0.25) is 0 Å². The first-order chi connectivity index (χ1) is 11.4. The van der Waals surface area contributed by atoms with Gasteiger partial charge in [-0.3, -0.25) is 9.88 Å². The summed E-state index contributed by atoms with van der Waals surface area (Å²) in [5.41, 5.74) is 1.61. The van der Waals surface area contributed by atoms with Gasteiger partial charge in [-0.25, -0.2) is 4.79 Å². The van der Waals surface area contributed by atoms with Gasteiger partial charge in [-0.15, -0.1) is 0 Å². The number of hydrogen-bond donors (Lipinski definition) is 1. The van der Waals surface area contributed by atoms with Gasteiger partial charge < -0.3 is 5.11 Å². The molecule has 4 nitrogen and oxygen atoms in total. The van der Waals surface area contributed by atoms with Crippen LogP contribution in [0.2, 0.25) is 0 Å². The van der Waals surface area contributed by atoms with Crippen LogP contribution >= 0.6 is 0 Å². The zero-order valence-corrected chi connectivity index (χ0v) is 14.3. The molecule has 2 aromatic rings. The zero-order valence-electron chi connectivity index (χ0n) is 14.3. The average molecular weight is 322 g/mol. The van der Waals surface area contributed by atoms with E-state index in [9.17, 15) is 9.90 Å². The van der Waals surface area contributed by atoms with Crippen LogP contribution < -0.4 is 0 Å². The molecule has 0 aliphatic rings. The van der Waals surface area contributed by atoms with Gasteiger partial charge in [-0.1, -0.05) is 30.0 Å². The van der Waals surface area contributed by atoms with Gasteiger partial charge >= 0.3 is 5.97 Å². The van der Waals surface area contributed by atoms with E-state index in [1.54, 1.807) is 18.3 Å². The van der Waals surface area contributed by atoms with Crippen LogP contribution in [-0.4, -0.2) is 33.0 Å². The summed E-state index contributed by atoms with van der Waals surface area (Å²) in [4.78, 5) is 17.7. The van der Waals surface area contributed by atoms with Crippen molar-refractivity contribution >= 4 is 5.97 Å². The summed E-state index contributed by atoms with van der Waals surface area (Å²) in [5.74, 6) is 5.36. The number of nitrogens with zero attached hydrogens (tertiary/aromatic N) is 2. The molecule has 0 bridgehead atoms. The highest BCUT2D eigenvalue weighted by atomic mass is 16.4. The predicted octanol–water partition coefficient (Wildman–Crippen LogP) is 3.43. The van der Waals surface area contributed by atoms with E-state index in [2.05, 4.69) is 42.5 Å². The first kappa shape index (κ1) is 17.7. The fourth-order valence-corrected chi connectivity index (χ4v) is 2.23. The summed E-state index contributed by atoms with van der Waals surface area (Å²) >= 11 is 0. The standard InChI is InChI=1S/C20H22N2O2/c1-20(2,3)22(14-8-11-16-9-5-4-6-10-16)15-18-17(19(23)24)12-7-13-21-18/h4-7,9-10,12-13H,14-15H2,1-3H3,(H,23,24). The van der Waals surface area contributed by atoms with Crippen LogP contribution in [0.5, 0.6) is 0 Å². The average Bonchev–Trinajstić information content (AvgIpc) is 2.54. The van der Waals surface area contributed by atoms with E-state index in [-0.39, 0.29) is 11.1 Å². The molecule has 0 saturated carbocycles. The molecule has 0 radical (unpaired) electrons. The van der Waals surface area contributed by atoms with Crippen LogP contribution in [0.15, 0.2) is 48.7 Å². The SMILES string of the molecule is CC(C)(C)N(CC#Cc1ccccc1)Cc1ncccc1C(=O)O. The summed E-state index contributed by atoms with van der Waals surface area (Å²) in [7, 11) is 0. The fourth-order valence-electron chi connectivity index (χ4n) is 2.23. The van der Waals surface area contributed by atoms with Gasteiger partial charge in [0.1, 0.15) is 0 Å². The molecule has 0 fully saturated rings. The number of carboxylic acids is 1. The van der Waals surface area contributed by atoms with Gasteiger partial charge in [0.05, 0.1) is 17.8 Å². The maximum Gasteiger partial charge on any atom is 0.337 e. The Kier molecular flexibility index (Phi) is 5.73. The summed E-state index contributed by atoms with van der Waals surface area (Å²) in [6, 6.07) is 13.0. The minimum atomic E-state index is -0.956. The second kappa shape index (κ2) is 7.76. The quantitative estimate of drug-likeness (QED) is 0.876. The van der Waals surface area contributed by atoms with Crippen molar-refractivity contribution in [2.24, 2.45) is 0 Å². The minimum absolute atomic E-state index is 0.154. The van der Waals surface area contributed by atoms with Crippen molar-refractivity contribution in [2.45, 2.75) is 32.9 Å². The molecule has 0 aliphatic heterocycles. The van der Waals surface area contributed by atoms with Gasteiger partial charge in [0, 0.05) is 23.8 Å². The number of carboxylic acid groups (broad SMARTS) is 1. The Morgan fingerprint density at radius 1 is 1.17 bits per heavy atom. The third kappa shape index (κ3) is 4.94. The molecule has 0 aliphatic carbocycles. The number of benzene rings is 1. The summed E-state index contributed by atoms with van der Waals surface area (Å²) in [5, 5.41) is 9.32. The number of aromatic nitrogens is 1. The maximum atomic E-state index is 11.4. The van der Waals surface area contributed by atoms with Crippen molar-refractivity contribution in [1.82, 2.24) is 9.88 Å². The molecule has 0 saturated heterocycles. The number of pyridine rings is 1. The van der Waals surface area contributed by atoms with Crippen LogP contribution in [0.4, 0.5) is 0 Å². The molecule has 1 aromatic carbocycles. The largest absolute Gasteiger partial charge is 0.478 e. The van der Waals surface area contributed by atoms with Crippen molar-refractivity contribution in [3.8, 4) is 11.8 Å². The third-order valence-electron chi connectivity index (χ3n) is 3.69. The van der Waals surface area contributed by atoms with Crippen LogP contribution in [0.25, 0.3) is 0 Å². The molecule has 1 aromatic heterocycles. The van der Waals surface area contributed by atoms with Crippen LogP contribution in [0.1, 0.15) is 42.4 Å². The third-order valence-corrected chi connectivity index (χ3v) is 3.69. The normalized spacial score (nSPS) is 11.0. The van der Waals surface area contributed by atoms with Crippen molar-refractivity contribution < 1.29 is 9.90 Å². The molecule has 24 heavy (non-hydrogen) atoms. The molecule has 0 amide bonds. The van der Waals surface area contributed by atoms with Crippen LogP contribution in [0.3, 0.4) is 0 Å². The molecule has 1 heterocycles. The number of hydrogen-bond acceptors (Lipinski definition) is 3. The molecular formula is C20H22N2O2.